The summed E-state index contributed by atoms with van der Waals surface area (Å²) in [4.78, 5) is 58.2. The number of carbonyl (C=O) groups excluding carboxylic acids is 2. The average molecular weight is 984 g/mol. The molecule has 0 radical (unpaired) electrons. The van der Waals surface area contributed by atoms with Crippen LogP contribution in [0.25, 0.3) is 0 Å². The predicted octanol–water partition coefficient (Wildman–Crippen LogP) is 8.74. The molecule has 18 nitrogen and oxygen atoms in total. The minimum absolute atomic E-state index is 0.0522. The Labute approximate surface area is 413 Å². The molecule has 3 aliphatic rings. The molecule has 2 aliphatic heterocycles. The maximum Gasteiger partial charge on any atom is 0.573 e. The third-order valence-corrected chi connectivity index (χ3v) is 12.9. The number of halogens is 3. The fraction of sp³-hybridized carbons (Fsp3) is 0.353. The SMILES string of the molecule is Cc1c(NC(=O)C2(CC(=O)Nc3cccc(Nc4ncnc(N5CCC(OCc6ccccc6)CC5)n4)c3C#N)CC2)cccc1Nc1ncnc(N2CCC(OCc3ccc(OC(F)(F)F)cc3)CC2)n1. The van der Waals surface area contributed by atoms with Crippen LogP contribution in [-0.2, 0) is 32.3 Å². The van der Waals surface area contributed by atoms with Gasteiger partial charge in [0.05, 0.1) is 47.8 Å². The van der Waals surface area contributed by atoms with Gasteiger partial charge in [0.15, 0.2) is 0 Å². The highest BCUT2D eigenvalue weighted by Gasteiger charge is 2.51. The van der Waals surface area contributed by atoms with E-state index >= 15 is 0 Å². The summed E-state index contributed by atoms with van der Waals surface area (Å²) in [6.45, 7) is 5.33. The third-order valence-electron chi connectivity index (χ3n) is 12.9. The first-order valence-electron chi connectivity index (χ1n) is 23.7. The Morgan fingerprint density at radius 1 is 0.681 bits per heavy atom. The fourth-order valence-electron chi connectivity index (χ4n) is 8.66. The highest BCUT2D eigenvalue weighted by molar-refractivity contribution is 6.03. The molecule has 3 fully saturated rings. The van der Waals surface area contributed by atoms with Gasteiger partial charge in [0.1, 0.15) is 24.5 Å². The minimum atomic E-state index is -4.75. The molecule has 0 spiro atoms. The molecule has 21 heteroatoms. The monoisotopic (exact) mass is 983 g/mol. The molecule has 4 N–H and O–H groups in total. The Morgan fingerprint density at radius 2 is 1.21 bits per heavy atom. The second kappa shape index (κ2) is 22.0. The van der Waals surface area contributed by atoms with E-state index < -0.39 is 17.7 Å². The normalized spacial score (nSPS) is 15.8. The number of rotatable bonds is 18. The van der Waals surface area contributed by atoms with Crippen molar-refractivity contribution in [2.24, 2.45) is 5.41 Å². The van der Waals surface area contributed by atoms with Crippen LogP contribution in [0.15, 0.2) is 104 Å². The second-order valence-electron chi connectivity index (χ2n) is 17.9. The summed E-state index contributed by atoms with van der Waals surface area (Å²) in [6.07, 6.45) is 2.16. The van der Waals surface area contributed by atoms with Gasteiger partial charge in [0.25, 0.3) is 0 Å². The average Bonchev–Trinajstić information content (AvgIpc) is 4.17. The number of alkyl halides is 3. The van der Waals surface area contributed by atoms with E-state index in [1.165, 1.54) is 24.8 Å². The van der Waals surface area contributed by atoms with Crippen LogP contribution in [0.4, 0.5) is 59.7 Å². The minimum Gasteiger partial charge on any atom is -0.406 e. The number of hydrogen-bond donors (Lipinski definition) is 4. The molecule has 2 saturated heterocycles. The van der Waals surface area contributed by atoms with Gasteiger partial charge in [0.2, 0.25) is 35.6 Å². The zero-order valence-electron chi connectivity index (χ0n) is 39.4. The van der Waals surface area contributed by atoms with Crippen LogP contribution in [0.2, 0.25) is 0 Å². The largest absolute Gasteiger partial charge is 0.573 e. The van der Waals surface area contributed by atoms with Crippen LogP contribution in [0.5, 0.6) is 5.75 Å². The molecule has 1 saturated carbocycles. The first-order chi connectivity index (χ1) is 34.9. The molecule has 2 amide bonds. The summed E-state index contributed by atoms with van der Waals surface area (Å²) in [6, 6.07) is 28.4. The third kappa shape index (κ3) is 12.7. The molecule has 9 rings (SSSR count). The summed E-state index contributed by atoms with van der Waals surface area (Å²) in [5.41, 5.74) is 3.77. The van der Waals surface area contributed by atoms with Crippen molar-refractivity contribution >= 4 is 58.4 Å². The van der Waals surface area contributed by atoms with Crippen LogP contribution >= 0.6 is 0 Å². The van der Waals surface area contributed by atoms with Gasteiger partial charge in [-0.1, -0.05) is 54.6 Å². The number of carbonyl (C=O) groups is 2. The number of piperidine rings is 2. The number of hydrogen-bond acceptors (Lipinski definition) is 16. The van der Waals surface area contributed by atoms with Gasteiger partial charge in [0, 0.05) is 44.0 Å². The van der Waals surface area contributed by atoms with Crippen molar-refractivity contribution in [3.05, 3.63) is 126 Å². The number of nitriles is 1. The van der Waals surface area contributed by atoms with Crippen LogP contribution in [0, 0.1) is 23.7 Å². The lowest BCUT2D eigenvalue weighted by atomic mass is 10.00. The van der Waals surface area contributed by atoms with E-state index in [1.54, 1.807) is 42.5 Å². The van der Waals surface area contributed by atoms with Crippen LogP contribution < -0.4 is 35.8 Å². The van der Waals surface area contributed by atoms with E-state index in [0.29, 0.717) is 93.4 Å². The van der Waals surface area contributed by atoms with Gasteiger partial charge in [-0.05, 0) is 98.5 Å². The molecule has 372 valence electrons. The van der Waals surface area contributed by atoms with Crippen molar-refractivity contribution in [1.82, 2.24) is 29.9 Å². The maximum absolute atomic E-state index is 13.8. The highest BCUT2D eigenvalue weighted by Crippen LogP contribution is 2.50. The summed E-state index contributed by atoms with van der Waals surface area (Å²) in [7, 11) is 0. The van der Waals surface area contributed by atoms with Crippen molar-refractivity contribution in [2.75, 3.05) is 57.2 Å². The Balaban J connectivity index is 0.750. The quantitative estimate of drug-likeness (QED) is 0.0633. The second-order valence-corrected chi connectivity index (χ2v) is 17.9. The van der Waals surface area contributed by atoms with Gasteiger partial charge in [-0.15, -0.1) is 13.2 Å². The first-order valence-corrected chi connectivity index (χ1v) is 23.7. The zero-order valence-corrected chi connectivity index (χ0v) is 39.4. The maximum atomic E-state index is 13.8. The number of ether oxygens (including phenoxy) is 3. The Hall–Kier alpha value is -7.96. The van der Waals surface area contributed by atoms with Gasteiger partial charge in [-0.25, -0.2) is 19.9 Å². The molecule has 6 aromatic rings. The topological polar surface area (TPSA) is 218 Å². The smallest absolute Gasteiger partial charge is 0.406 e. The number of amides is 2. The van der Waals surface area contributed by atoms with Crippen molar-refractivity contribution in [1.29, 1.82) is 5.26 Å². The lowest BCUT2D eigenvalue weighted by Crippen LogP contribution is -2.38. The molecule has 0 bridgehead atoms. The Bertz CT molecular complexity index is 2890. The summed E-state index contributed by atoms with van der Waals surface area (Å²) in [5.74, 6) is 0.573. The fourth-order valence-corrected chi connectivity index (χ4v) is 8.66. The van der Waals surface area contributed by atoms with E-state index in [0.717, 1.165) is 29.5 Å². The zero-order chi connectivity index (χ0) is 50.1. The highest BCUT2D eigenvalue weighted by atomic mass is 19.4. The Kier molecular flexibility index (Phi) is 15.0. The van der Waals surface area contributed by atoms with E-state index in [9.17, 15) is 28.0 Å². The lowest BCUT2D eigenvalue weighted by Gasteiger charge is -2.32. The van der Waals surface area contributed by atoms with Crippen LogP contribution in [-0.4, -0.2) is 86.5 Å². The van der Waals surface area contributed by atoms with E-state index in [4.69, 9.17) is 9.47 Å². The van der Waals surface area contributed by atoms with Gasteiger partial charge >= 0.3 is 6.36 Å². The molecule has 0 atom stereocenters. The van der Waals surface area contributed by atoms with Crippen molar-refractivity contribution in [3.8, 4) is 11.8 Å². The first kappa shape index (κ1) is 49.0. The number of benzene rings is 4. The molecular weight excluding hydrogens is 932 g/mol. The van der Waals surface area contributed by atoms with Crippen molar-refractivity contribution in [3.63, 3.8) is 0 Å². The summed E-state index contributed by atoms with van der Waals surface area (Å²) in [5, 5.41) is 22.5. The van der Waals surface area contributed by atoms with E-state index in [1.807, 2.05) is 36.1 Å². The summed E-state index contributed by atoms with van der Waals surface area (Å²) < 4.78 is 53.6. The Morgan fingerprint density at radius 3 is 1.76 bits per heavy atom. The molecule has 1 aliphatic carbocycles. The molecule has 0 unspecified atom stereocenters. The number of anilines is 8. The molecule has 4 heterocycles. The van der Waals surface area contributed by atoms with Crippen molar-refractivity contribution < 1.29 is 37.0 Å². The number of aromatic nitrogens is 6. The number of nitrogens with zero attached hydrogens (tertiary/aromatic N) is 9. The van der Waals surface area contributed by atoms with Gasteiger partial charge in [-0.3, -0.25) is 9.59 Å². The van der Waals surface area contributed by atoms with E-state index in [2.05, 4.69) is 79.0 Å². The molecular formula is C51H52F3N13O5. The van der Waals surface area contributed by atoms with Gasteiger partial charge in [-0.2, -0.15) is 15.2 Å². The van der Waals surface area contributed by atoms with Crippen LogP contribution in [0.3, 0.4) is 0 Å². The van der Waals surface area contributed by atoms with Crippen molar-refractivity contribution in [2.45, 2.75) is 83.7 Å². The van der Waals surface area contributed by atoms with Crippen LogP contribution in [0.1, 0.15) is 67.2 Å². The molecule has 4 aromatic carbocycles. The lowest BCUT2D eigenvalue weighted by molar-refractivity contribution is -0.274. The molecule has 72 heavy (non-hydrogen) atoms. The molecule has 2 aromatic heterocycles. The standard InChI is InChI=1S/C51H52F3N13O5/c1-33-40(9-5-10-41(33)62-46-56-31-58-48(64-46)66-25-19-37(20-26-66)71-30-35-13-15-38(16-14-35)72-51(52,53)54)61-45(69)50(21-22-50)27-44(68)60-42-11-6-12-43(39(42)28-55)63-47-57-32-59-49(65-47)67-23-17-36(18-24-67)70-29-34-7-3-2-4-8-34/h2-16,31-32,36-37H,17-27,29-30H2,1H3,(H,60,68)(H,61,69)(H,56,58,62,64)(H,57,59,63,65). The van der Waals surface area contributed by atoms with E-state index in [-0.39, 0.29) is 54.1 Å². The predicted molar refractivity (Wildman–Crippen MR) is 262 cm³/mol. The van der Waals surface area contributed by atoms with Gasteiger partial charge < -0.3 is 45.3 Å². The number of nitrogens with one attached hydrogen (secondary N) is 4. The summed E-state index contributed by atoms with van der Waals surface area (Å²) >= 11 is 0.